The molecule has 0 aliphatic rings. The van der Waals surface area contributed by atoms with Gasteiger partial charge < -0.3 is 4.57 Å². The van der Waals surface area contributed by atoms with Crippen LogP contribution in [0.25, 0.3) is 22.4 Å². The largest absolute Gasteiger partial charge is 0.315 e. The molecule has 0 aliphatic heterocycles. The fourth-order valence-electron chi connectivity index (χ4n) is 3.91. The molecule has 2 heterocycles. The van der Waals surface area contributed by atoms with Crippen LogP contribution in [0.4, 0.5) is 4.39 Å². The molecule has 0 spiro atoms. The summed E-state index contributed by atoms with van der Waals surface area (Å²) >= 11 is 0. The van der Waals surface area contributed by atoms with E-state index in [1.165, 1.54) is 41.4 Å². The van der Waals surface area contributed by atoms with Crippen molar-refractivity contribution in [2.75, 3.05) is 6.26 Å². The van der Waals surface area contributed by atoms with Crippen molar-refractivity contribution in [3.63, 3.8) is 0 Å². The smallest absolute Gasteiger partial charge is 0.264 e. The van der Waals surface area contributed by atoms with Gasteiger partial charge in [-0.1, -0.05) is 41.6 Å². The number of aryl methyl sites for hydroxylation is 1. The van der Waals surface area contributed by atoms with E-state index >= 15 is 0 Å². The maximum Gasteiger partial charge on any atom is 0.264 e. The Labute approximate surface area is 218 Å². The Morgan fingerprint density at radius 1 is 1.05 bits per heavy atom. The van der Waals surface area contributed by atoms with Gasteiger partial charge in [0.15, 0.2) is 14.6 Å². The van der Waals surface area contributed by atoms with Gasteiger partial charge in [-0.2, -0.15) is 0 Å². The van der Waals surface area contributed by atoms with Crippen molar-refractivity contribution < 1.29 is 22.8 Å². The number of carbonyl (C=O) groups excluding carboxylic acids is 1. The van der Waals surface area contributed by atoms with Crippen molar-refractivity contribution >= 4 is 15.7 Å². The molecule has 2 N–H and O–H groups in total. The Morgan fingerprint density at radius 2 is 1.71 bits per heavy atom. The first kappa shape index (κ1) is 26.9. The highest BCUT2D eigenvalue weighted by Crippen LogP contribution is 2.24. The maximum absolute atomic E-state index is 13.1. The molecular weight excluding hydrogens is 513 g/mol. The van der Waals surface area contributed by atoms with Crippen molar-refractivity contribution in [1.82, 2.24) is 25.0 Å². The average molecular weight is 540 g/mol. The molecule has 0 radical (unpaired) electrons. The molecule has 4 aromatic rings. The predicted octanol–water partition coefficient (Wildman–Crippen LogP) is 2.66. The quantitative estimate of drug-likeness (QED) is 0.247. The van der Waals surface area contributed by atoms with E-state index in [1.807, 2.05) is 24.3 Å². The number of pyridine rings is 1. The highest BCUT2D eigenvalue weighted by atomic mass is 32.2. The number of amides is 1. The average Bonchev–Trinajstić information content (AvgIpc) is 3.36. The topological polar surface area (TPSA) is 136 Å². The minimum absolute atomic E-state index is 0.0391. The summed E-state index contributed by atoms with van der Waals surface area (Å²) in [5.74, 6) is -1.35. The van der Waals surface area contributed by atoms with Gasteiger partial charge in [0.05, 0.1) is 12.7 Å². The summed E-state index contributed by atoms with van der Waals surface area (Å²) in [5.41, 5.74) is 4.87. The van der Waals surface area contributed by atoms with Crippen LogP contribution in [0.3, 0.4) is 0 Å². The van der Waals surface area contributed by atoms with Gasteiger partial charge >= 0.3 is 0 Å². The van der Waals surface area contributed by atoms with E-state index in [0.29, 0.717) is 17.8 Å². The second-order valence-corrected chi connectivity index (χ2v) is 11.6. The van der Waals surface area contributed by atoms with Gasteiger partial charge in [-0.25, -0.2) is 23.0 Å². The van der Waals surface area contributed by atoms with Crippen LogP contribution in [0, 0.1) is 5.82 Å². The molecule has 10 nitrogen and oxygen atoms in total. The van der Waals surface area contributed by atoms with E-state index in [9.17, 15) is 22.4 Å². The van der Waals surface area contributed by atoms with Gasteiger partial charge in [-0.15, -0.1) is 5.10 Å². The number of carbonyl (C=O) groups is 1. The molecule has 0 aliphatic carbocycles. The number of sulfone groups is 1. The molecule has 2 aromatic carbocycles. The van der Waals surface area contributed by atoms with Gasteiger partial charge in [-0.05, 0) is 48.2 Å². The zero-order valence-electron chi connectivity index (χ0n) is 20.7. The van der Waals surface area contributed by atoms with E-state index in [4.69, 9.17) is 5.21 Å². The monoisotopic (exact) mass is 539 g/mol. The third-order valence-corrected chi connectivity index (χ3v) is 8.56. The van der Waals surface area contributed by atoms with E-state index in [1.54, 1.807) is 29.1 Å². The van der Waals surface area contributed by atoms with Crippen molar-refractivity contribution in [2.24, 2.45) is 0 Å². The maximum atomic E-state index is 13.1. The summed E-state index contributed by atoms with van der Waals surface area (Å²) < 4.78 is 38.5. The van der Waals surface area contributed by atoms with E-state index < -0.39 is 20.5 Å². The number of hydrogen-bond donors (Lipinski definition) is 2. The zero-order chi connectivity index (χ0) is 27.5. The summed E-state index contributed by atoms with van der Waals surface area (Å²) in [4.78, 5) is 24.7. The zero-order valence-corrected chi connectivity index (χ0v) is 21.5. The number of benzene rings is 2. The highest BCUT2D eigenvalue weighted by Gasteiger charge is 2.43. The lowest BCUT2D eigenvalue weighted by Crippen LogP contribution is -2.49. The van der Waals surface area contributed by atoms with E-state index in [2.05, 4.69) is 10.3 Å². The van der Waals surface area contributed by atoms with Crippen molar-refractivity contribution in [2.45, 2.75) is 31.2 Å². The lowest BCUT2D eigenvalue weighted by molar-refractivity contribution is -0.131. The van der Waals surface area contributed by atoms with Gasteiger partial charge in [-0.3, -0.25) is 14.8 Å². The number of rotatable bonds is 9. The fraction of sp³-hybridized carbons (Fsp3) is 0.231. The first-order valence-corrected chi connectivity index (χ1v) is 13.5. The standard InChI is InChI=1S/C26H26FN5O5S/c1-26(25(34)29-35,38(2,36)37)12-14-31-13-11-21(15-24(31)33)19-5-7-20(8-6-19)23-17-32(30-28-23)16-18-3-9-22(27)10-4-18/h3-11,13,15,17,35H,12,14,16H2,1-2H3,(H,29,34). The van der Waals surface area contributed by atoms with Gasteiger partial charge in [0, 0.05) is 30.6 Å². The van der Waals surface area contributed by atoms with Gasteiger partial charge in [0.2, 0.25) is 0 Å². The van der Waals surface area contributed by atoms with Crippen LogP contribution in [-0.2, 0) is 27.7 Å². The van der Waals surface area contributed by atoms with Crippen LogP contribution in [0.2, 0.25) is 0 Å². The van der Waals surface area contributed by atoms with E-state index in [0.717, 1.165) is 22.9 Å². The molecule has 0 fully saturated rings. The summed E-state index contributed by atoms with van der Waals surface area (Å²) in [6.45, 7) is 1.62. The summed E-state index contributed by atoms with van der Waals surface area (Å²) in [7, 11) is -3.87. The second kappa shape index (κ2) is 10.7. The minimum atomic E-state index is -3.87. The number of nitrogens with zero attached hydrogens (tertiary/aromatic N) is 4. The lowest BCUT2D eigenvalue weighted by Gasteiger charge is -2.25. The normalized spacial score (nSPS) is 13.2. The molecule has 0 bridgehead atoms. The lowest BCUT2D eigenvalue weighted by atomic mass is 10.0. The first-order valence-electron chi connectivity index (χ1n) is 11.6. The number of hydrogen-bond acceptors (Lipinski definition) is 7. The minimum Gasteiger partial charge on any atom is -0.315 e. The van der Waals surface area contributed by atoms with E-state index in [-0.39, 0.29) is 24.3 Å². The van der Waals surface area contributed by atoms with Crippen LogP contribution in [0.15, 0.2) is 77.9 Å². The third-order valence-electron chi connectivity index (χ3n) is 6.54. The second-order valence-electron chi connectivity index (χ2n) is 9.15. The SMILES string of the molecule is CC(CCn1ccc(-c2ccc(-c3cn(Cc4ccc(F)cc4)nn3)cc2)cc1=O)(C(=O)NO)S(C)(=O)=O. The molecule has 198 valence electrons. The Kier molecular flexibility index (Phi) is 7.56. The summed E-state index contributed by atoms with van der Waals surface area (Å²) in [5, 5.41) is 17.3. The summed E-state index contributed by atoms with van der Waals surface area (Å²) in [6.07, 6.45) is 4.03. The molecule has 38 heavy (non-hydrogen) atoms. The van der Waals surface area contributed by atoms with Crippen LogP contribution in [0.1, 0.15) is 18.9 Å². The Balaban J connectivity index is 1.46. The molecular formula is C26H26FN5O5S. The van der Waals surface area contributed by atoms with Gasteiger partial charge in [0.1, 0.15) is 11.5 Å². The molecule has 1 unspecified atom stereocenters. The number of aromatic nitrogens is 4. The van der Waals surface area contributed by atoms with Crippen molar-refractivity contribution in [3.8, 4) is 22.4 Å². The number of nitrogens with one attached hydrogen (secondary N) is 1. The Morgan fingerprint density at radius 3 is 2.32 bits per heavy atom. The van der Waals surface area contributed by atoms with Crippen LogP contribution in [-0.4, -0.2) is 50.1 Å². The number of halogens is 1. The third kappa shape index (κ3) is 5.71. The van der Waals surface area contributed by atoms with Crippen LogP contribution >= 0.6 is 0 Å². The van der Waals surface area contributed by atoms with Gasteiger partial charge in [0.25, 0.3) is 11.5 Å². The van der Waals surface area contributed by atoms with Crippen molar-refractivity contribution in [3.05, 3.63) is 94.8 Å². The van der Waals surface area contributed by atoms with Crippen LogP contribution < -0.4 is 11.0 Å². The molecule has 0 saturated heterocycles. The predicted molar refractivity (Wildman–Crippen MR) is 138 cm³/mol. The summed E-state index contributed by atoms with van der Waals surface area (Å²) in [6, 6.07) is 16.7. The Hall–Kier alpha value is -4.16. The molecule has 0 saturated carbocycles. The Bertz CT molecular complexity index is 1610. The molecule has 1 atom stereocenters. The first-order chi connectivity index (χ1) is 18.0. The number of hydroxylamine groups is 1. The molecule has 4 rings (SSSR count). The molecule has 1 amide bonds. The van der Waals surface area contributed by atoms with Crippen LogP contribution in [0.5, 0.6) is 0 Å². The van der Waals surface area contributed by atoms with Crippen molar-refractivity contribution in [1.29, 1.82) is 0 Å². The molecule has 2 aromatic heterocycles. The fourth-order valence-corrected chi connectivity index (χ4v) is 4.75. The highest BCUT2D eigenvalue weighted by molar-refractivity contribution is 7.92. The molecule has 12 heteroatoms.